The topological polar surface area (TPSA) is 49.4 Å². The number of hydrogen-bond donors (Lipinski definition) is 1. The van der Waals surface area contributed by atoms with E-state index in [1.165, 1.54) is 25.5 Å². The summed E-state index contributed by atoms with van der Waals surface area (Å²) in [4.78, 5) is 2.65. The third-order valence-corrected chi connectivity index (χ3v) is 5.27. The maximum Gasteiger partial charge on any atom is 0.175 e. The number of benzene rings is 1. The van der Waals surface area contributed by atoms with E-state index in [0.717, 1.165) is 12.2 Å². The van der Waals surface area contributed by atoms with Crippen molar-refractivity contribution in [1.29, 1.82) is 0 Å². The Morgan fingerprint density at radius 1 is 1.21 bits per heavy atom. The molecular weight excluding hydrogens is 260 g/mol. The van der Waals surface area contributed by atoms with Crippen molar-refractivity contribution >= 4 is 15.5 Å². The molecule has 0 radical (unpaired) electrons. The minimum Gasteiger partial charge on any atom is -0.383 e. The van der Waals surface area contributed by atoms with Crippen LogP contribution in [0.4, 0.5) is 5.69 Å². The number of anilines is 1. The van der Waals surface area contributed by atoms with Crippen LogP contribution in [-0.4, -0.2) is 45.8 Å². The SMILES string of the molecule is CN(C)C1(CNc2ccc(S(C)(=O)=O)cc2)CCC1. The highest BCUT2D eigenvalue weighted by Crippen LogP contribution is 2.36. The molecule has 1 fully saturated rings. The Morgan fingerprint density at radius 2 is 1.79 bits per heavy atom. The summed E-state index contributed by atoms with van der Waals surface area (Å²) in [6, 6.07) is 6.97. The van der Waals surface area contributed by atoms with Gasteiger partial charge in [0.2, 0.25) is 0 Å². The molecule has 0 amide bonds. The molecule has 0 heterocycles. The van der Waals surface area contributed by atoms with Crippen LogP contribution in [0.3, 0.4) is 0 Å². The largest absolute Gasteiger partial charge is 0.383 e. The third-order valence-electron chi connectivity index (χ3n) is 4.14. The number of rotatable bonds is 5. The molecule has 19 heavy (non-hydrogen) atoms. The van der Waals surface area contributed by atoms with E-state index in [1.807, 2.05) is 12.1 Å². The van der Waals surface area contributed by atoms with E-state index >= 15 is 0 Å². The van der Waals surface area contributed by atoms with Crippen LogP contribution in [0.1, 0.15) is 19.3 Å². The van der Waals surface area contributed by atoms with Gasteiger partial charge >= 0.3 is 0 Å². The zero-order valence-corrected chi connectivity index (χ0v) is 12.6. The van der Waals surface area contributed by atoms with Crippen LogP contribution < -0.4 is 5.32 Å². The Labute approximate surface area is 115 Å². The van der Waals surface area contributed by atoms with Crippen molar-refractivity contribution < 1.29 is 8.42 Å². The Balaban J connectivity index is 2.01. The van der Waals surface area contributed by atoms with Gasteiger partial charge in [0.1, 0.15) is 0 Å². The Hall–Kier alpha value is -1.07. The molecule has 5 heteroatoms. The average molecular weight is 282 g/mol. The van der Waals surface area contributed by atoms with Crippen molar-refractivity contribution in [2.45, 2.75) is 29.7 Å². The van der Waals surface area contributed by atoms with Gasteiger partial charge in [-0.25, -0.2) is 8.42 Å². The predicted octanol–water partition coefficient (Wildman–Crippen LogP) is 1.99. The van der Waals surface area contributed by atoms with E-state index in [0.29, 0.717) is 4.90 Å². The molecule has 4 nitrogen and oxygen atoms in total. The lowest BCUT2D eigenvalue weighted by Gasteiger charge is -2.47. The average Bonchev–Trinajstić information content (AvgIpc) is 2.26. The predicted molar refractivity (Wildman–Crippen MR) is 78.3 cm³/mol. The molecule has 1 aliphatic rings. The standard InChI is InChI=1S/C14H22N2O2S/c1-16(2)14(9-4-10-14)11-15-12-5-7-13(8-6-12)19(3,17)18/h5-8,15H,4,9-11H2,1-3H3. The number of likely N-dealkylation sites (N-methyl/N-ethyl adjacent to an activating group) is 1. The first-order chi connectivity index (χ1) is 8.83. The minimum absolute atomic E-state index is 0.259. The van der Waals surface area contributed by atoms with Crippen LogP contribution in [-0.2, 0) is 9.84 Å². The van der Waals surface area contributed by atoms with E-state index in [-0.39, 0.29) is 5.54 Å². The van der Waals surface area contributed by atoms with Crippen molar-refractivity contribution in [3.63, 3.8) is 0 Å². The molecule has 1 aliphatic carbocycles. The van der Waals surface area contributed by atoms with Gasteiger partial charge in [0.05, 0.1) is 4.90 Å². The summed E-state index contributed by atoms with van der Waals surface area (Å²) in [5.41, 5.74) is 1.23. The molecule has 0 bridgehead atoms. The molecule has 1 saturated carbocycles. The molecule has 0 spiro atoms. The summed E-state index contributed by atoms with van der Waals surface area (Å²) >= 11 is 0. The normalized spacial score (nSPS) is 18.1. The number of nitrogens with zero attached hydrogens (tertiary/aromatic N) is 1. The fourth-order valence-electron chi connectivity index (χ4n) is 2.45. The molecule has 106 valence electrons. The van der Waals surface area contributed by atoms with E-state index < -0.39 is 9.84 Å². The molecule has 0 unspecified atom stereocenters. The molecule has 1 aromatic carbocycles. The van der Waals surface area contributed by atoms with Gasteiger partial charge in [0.15, 0.2) is 9.84 Å². The molecule has 2 rings (SSSR count). The zero-order chi connectivity index (χ0) is 14.1. The summed E-state index contributed by atoms with van der Waals surface area (Å²) in [5.74, 6) is 0. The molecular formula is C14H22N2O2S. The van der Waals surface area contributed by atoms with E-state index in [9.17, 15) is 8.42 Å². The smallest absolute Gasteiger partial charge is 0.175 e. The highest BCUT2D eigenvalue weighted by molar-refractivity contribution is 7.90. The number of sulfone groups is 1. The number of hydrogen-bond acceptors (Lipinski definition) is 4. The highest BCUT2D eigenvalue weighted by Gasteiger charge is 2.38. The Bertz CT molecular complexity index is 531. The Morgan fingerprint density at radius 3 is 2.16 bits per heavy atom. The maximum absolute atomic E-state index is 11.4. The van der Waals surface area contributed by atoms with Crippen LogP contribution in [0.25, 0.3) is 0 Å². The van der Waals surface area contributed by atoms with Crippen molar-refractivity contribution in [3.05, 3.63) is 24.3 Å². The monoisotopic (exact) mass is 282 g/mol. The Kier molecular flexibility index (Phi) is 3.87. The van der Waals surface area contributed by atoms with E-state index in [2.05, 4.69) is 24.3 Å². The van der Waals surface area contributed by atoms with Crippen LogP contribution in [0.15, 0.2) is 29.2 Å². The zero-order valence-electron chi connectivity index (χ0n) is 11.8. The second kappa shape index (κ2) is 5.13. The van der Waals surface area contributed by atoms with Gasteiger partial charge in [-0.15, -0.1) is 0 Å². The van der Waals surface area contributed by atoms with Crippen molar-refractivity contribution in [2.24, 2.45) is 0 Å². The van der Waals surface area contributed by atoms with Crippen LogP contribution in [0.5, 0.6) is 0 Å². The van der Waals surface area contributed by atoms with Gasteiger partial charge in [-0.1, -0.05) is 0 Å². The molecule has 0 atom stereocenters. The first-order valence-electron chi connectivity index (χ1n) is 6.55. The lowest BCUT2D eigenvalue weighted by Crippen LogP contribution is -2.54. The van der Waals surface area contributed by atoms with Crippen LogP contribution >= 0.6 is 0 Å². The van der Waals surface area contributed by atoms with Gasteiger partial charge in [0.25, 0.3) is 0 Å². The summed E-state index contributed by atoms with van der Waals surface area (Å²) in [5, 5.41) is 3.41. The molecule has 0 saturated heterocycles. The highest BCUT2D eigenvalue weighted by atomic mass is 32.2. The van der Waals surface area contributed by atoms with Gasteiger partial charge in [-0.3, -0.25) is 0 Å². The first-order valence-corrected chi connectivity index (χ1v) is 8.44. The quantitative estimate of drug-likeness (QED) is 0.897. The van der Waals surface area contributed by atoms with Gasteiger partial charge in [-0.05, 0) is 57.6 Å². The van der Waals surface area contributed by atoms with Crippen molar-refractivity contribution in [2.75, 3.05) is 32.2 Å². The second-order valence-corrected chi connectivity index (χ2v) is 7.64. The molecule has 0 aromatic heterocycles. The maximum atomic E-state index is 11.4. The van der Waals surface area contributed by atoms with Crippen molar-refractivity contribution in [1.82, 2.24) is 4.90 Å². The van der Waals surface area contributed by atoms with E-state index in [4.69, 9.17) is 0 Å². The second-order valence-electron chi connectivity index (χ2n) is 5.62. The summed E-state index contributed by atoms with van der Waals surface area (Å²) < 4.78 is 22.8. The van der Waals surface area contributed by atoms with Gasteiger partial charge in [0, 0.05) is 24.0 Å². The molecule has 1 aromatic rings. The fraction of sp³-hybridized carbons (Fsp3) is 0.571. The fourth-order valence-corrected chi connectivity index (χ4v) is 3.08. The van der Waals surface area contributed by atoms with Crippen LogP contribution in [0, 0.1) is 0 Å². The first kappa shape index (κ1) is 14.3. The minimum atomic E-state index is -3.11. The lowest BCUT2D eigenvalue weighted by atomic mass is 9.75. The lowest BCUT2D eigenvalue weighted by molar-refractivity contribution is 0.0739. The third kappa shape index (κ3) is 3.09. The molecule has 0 aliphatic heterocycles. The van der Waals surface area contributed by atoms with Gasteiger partial charge in [-0.2, -0.15) is 0 Å². The van der Waals surface area contributed by atoms with E-state index in [1.54, 1.807) is 12.1 Å². The van der Waals surface area contributed by atoms with Crippen LogP contribution in [0.2, 0.25) is 0 Å². The summed E-state index contributed by atoms with van der Waals surface area (Å²) in [7, 11) is 1.13. The molecule has 1 N–H and O–H groups in total. The van der Waals surface area contributed by atoms with Gasteiger partial charge < -0.3 is 10.2 Å². The van der Waals surface area contributed by atoms with Crippen molar-refractivity contribution in [3.8, 4) is 0 Å². The number of nitrogens with one attached hydrogen (secondary N) is 1. The summed E-state index contributed by atoms with van der Waals surface area (Å²) in [6.07, 6.45) is 4.94. The summed E-state index contributed by atoms with van der Waals surface area (Å²) in [6.45, 7) is 0.901.